The van der Waals surface area contributed by atoms with Crippen LogP contribution in [0.5, 0.6) is 0 Å². The first kappa shape index (κ1) is 14.2. The van der Waals surface area contributed by atoms with Gasteiger partial charge in [-0.05, 0) is 36.4 Å². The second kappa shape index (κ2) is 6.37. The summed E-state index contributed by atoms with van der Waals surface area (Å²) in [5.74, 6) is 5.46. The molecule has 1 N–H and O–H groups in total. The van der Waals surface area contributed by atoms with Crippen molar-refractivity contribution in [3.63, 3.8) is 0 Å². The average Bonchev–Trinajstić information content (AvgIpc) is 2.95. The summed E-state index contributed by atoms with van der Waals surface area (Å²) in [6.45, 7) is 0. The Balaban J connectivity index is 1.77. The zero-order valence-electron chi connectivity index (χ0n) is 11.8. The maximum Gasteiger partial charge on any atom is 0.230 e. The van der Waals surface area contributed by atoms with Crippen molar-refractivity contribution in [1.82, 2.24) is 9.97 Å². The molecule has 0 amide bonds. The van der Waals surface area contributed by atoms with E-state index in [4.69, 9.17) is 0 Å². The third-order valence-electron chi connectivity index (χ3n) is 2.93. The number of benzene rings is 1. The van der Waals surface area contributed by atoms with Gasteiger partial charge in [0, 0.05) is 7.05 Å². The van der Waals surface area contributed by atoms with Crippen LogP contribution < -0.4 is 5.32 Å². The molecule has 108 valence electrons. The van der Waals surface area contributed by atoms with Crippen molar-refractivity contribution in [2.45, 2.75) is 0 Å². The smallest absolute Gasteiger partial charge is 0.230 e. The standard InChI is InChI=1S/C17H12FN3S/c1-19-15-11-10-12(17(18)21-15)6-2-5-9-16-20-13-7-3-4-8-14(13)22-16/h3-5,7-11H,1H3,(H,19,21)/b9-5+/i18-1. The molecule has 1 aromatic carbocycles. The van der Waals surface area contributed by atoms with E-state index >= 15 is 0 Å². The van der Waals surface area contributed by atoms with Gasteiger partial charge < -0.3 is 5.32 Å². The molecule has 0 aliphatic rings. The molecule has 5 heteroatoms. The third kappa shape index (κ3) is 3.13. The molecule has 0 saturated heterocycles. The Morgan fingerprint density at radius 3 is 2.82 bits per heavy atom. The number of thiazole rings is 1. The fraction of sp³-hybridized carbons (Fsp3) is 0.0588. The van der Waals surface area contributed by atoms with E-state index in [1.807, 2.05) is 30.3 Å². The number of nitrogens with zero attached hydrogens (tertiary/aromatic N) is 2. The van der Waals surface area contributed by atoms with E-state index in [-0.39, 0.29) is 5.56 Å². The monoisotopic (exact) mass is 308 g/mol. The highest BCUT2D eigenvalue weighted by molar-refractivity contribution is 7.19. The predicted molar refractivity (Wildman–Crippen MR) is 89.3 cm³/mol. The van der Waals surface area contributed by atoms with Crippen molar-refractivity contribution in [2.24, 2.45) is 0 Å². The summed E-state index contributed by atoms with van der Waals surface area (Å²) in [7, 11) is 1.69. The van der Waals surface area contributed by atoms with Gasteiger partial charge in [0.25, 0.3) is 0 Å². The van der Waals surface area contributed by atoms with E-state index in [9.17, 15) is 4.39 Å². The van der Waals surface area contributed by atoms with Crippen LogP contribution in [0.25, 0.3) is 16.3 Å². The normalized spacial score (nSPS) is 10.6. The van der Waals surface area contributed by atoms with Gasteiger partial charge in [0.05, 0.1) is 15.8 Å². The van der Waals surface area contributed by atoms with E-state index < -0.39 is 5.95 Å². The number of anilines is 1. The highest BCUT2D eigenvalue weighted by atomic mass is 32.1. The lowest BCUT2D eigenvalue weighted by Gasteiger charge is -1.98. The number of nitrogens with one attached hydrogen (secondary N) is 1. The van der Waals surface area contributed by atoms with Gasteiger partial charge in [0.2, 0.25) is 5.95 Å². The Kier molecular flexibility index (Phi) is 4.12. The number of hydrogen-bond acceptors (Lipinski definition) is 4. The SMILES string of the molecule is CNc1ccc(C#C/C=C/c2nc3ccccc3s2)c([18F])n1. The van der Waals surface area contributed by atoms with E-state index in [2.05, 4.69) is 27.1 Å². The van der Waals surface area contributed by atoms with Crippen molar-refractivity contribution in [3.05, 3.63) is 59.0 Å². The van der Waals surface area contributed by atoms with Gasteiger partial charge in [0.15, 0.2) is 0 Å². The van der Waals surface area contributed by atoms with Crippen molar-refractivity contribution in [1.29, 1.82) is 0 Å². The van der Waals surface area contributed by atoms with Crippen molar-refractivity contribution >= 4 is 33.4 Å². The van der Waals surface area contributed by atoms with E-state index in [0.717, 1.165) is 15.2 Å². The first-order valence-corrected chi connectivity index (χ1v) is 7.46. The zero-order valence-corrected chi connectivity index (χ0v) is 12.6. The Morgan fingerprint density at radius 2 is 2.05 bits per heavy atom. The van der Waals surface area contributed by atoms with Crippen LogP contribution in [0.2, 0.25) is 0 Å². The summed E-state index contributed by atoms with van der Waals surface area (Å²) in [5, 5.41) is 3.65. The van der Waals surface area contributed by atoms with E-state index in [0.29, 0.717) is 5.82 Å². The third-order valence-corrected chi connectivity index (χ3v) is 3.93. The quantitative estimate of drug-likeness (QED) is 0.575. The Labute approximate surface area is 131 Å². The van der Waals surface area contributed by atoms with Crippen molar-refractivity contribution < 1.29 is 4.39 Å². The maximum atomic E-state index is 13.6. The van der Waals surface area contributed by atoms with Crippen molar-refractivity contribution in [3.8, 4) is 11.8 Å². The Hall–Kier alpha value is -2.71. The molecule has 2 heterocycles. The first-order valence-electron chi connectivity index (χ1n) is 6.64. The maximum absolute atomic E-state index is 13.6. The molecule has 0 fully saturated rings. The average molecular weight is 308 g/mol. The van der Waals surface area contributed by atoms with Crippen LogP contribution >= 0.6 is 11.3 Å². The van der Waals surface area contributed by atoms with Crippen LogP contribution in [0, 0.1) is 17.8 Å². The minimum Gasteiger partial charge on any atom is -0.373 e. The summed E-state index contributed by atoms with van der Waals surface area (Å²) in [6.07, 6.45) is 3.49. The molecule has 2 aromatic heterocycles. The van der Waals surface area contributed by atoms with Gasteiger partial charge >= 0.3 is 0 Å². The lowest BCUT2D eigenvalue weighted by atomic mass is 10.2. The molecule has 0 saturated carbocycles. The van der Waals surface area contributed by atoms with E-state index in [1.54, 1.807) is 36.6 Å². The zero-order chi connectivity index (χ0) is 15.4. The van der Waals surface area contributed by atoms with Gasteiger partial charge in [-0.2, -0.15) is 4.39 Å². The molecule has 0 atom stereocenters. The fourth-order valence-corrected chi connectivity index (χ4v) is 2.73. The predicted octanol–water partition coefficient (Wildman–Crippen LogP) is 3.94. The number of pyridine rings is 1. The molecule has 0 aliphatic heterocycles. The summed E-state index contributed by atoms with van der Waals surface area (Å²) < 4.78 is 14.8. The number of rotatable bonds is 2. The Morgan fingerprint density at radius 1 is 1.18 bits per heavy atom. The molecule has 3 rings (SSSR count). The Bertz CT molecular complexity index is 870. The number of aromatic nitrogens is 2. The fourth-order valence-electron chi connectivity index (χ4n) is 1.86. The minimum absolute atomic E-state index is 0.271. The van der Waals surface area contributed by atoms with Crippen LogP contribution in [0.1, 0.15) is 10.6 Å². The van der Waals surface area contributed by atoms with Crippen molar-refractivity contribution in [2.75, 3.05) is 12.4 Å². The highest BCUT2D eigenvalue weighted by Gasteiger charge is 2.01. The molecular weight excluding hydrogens is 296 g/mol. The topological polar surface area (TPSA) is 37.8 Å². The number of para-hydroxylation sites is 1. The van der Waals surface area contributed by atoms with Gasteiger partial charge in [-0.25, -0.2) is 9.97 Å². The number of hydrogen-bond donors (Lipinski definition) is 1. The lowest BCUT2D eigenvalue weighted by molar-refractivity contribution is 0.582. The molecule has 0 aliphatic carbocycles. The summed E-state index contributed by atoms with van der Waals surface area (Å²) in [4.78, 5) is 8.21. The van der Waals surface area contributed by atoms with Crippen LogP contribution in [0.15, 0.2) is 42.5 Å². The van der Waals surface area contributed by atoms with Gasteiger partial charge in [0.1, 0.15) is 10.8 Å². The molecule has 3 aromatic rings. The largest absolute Gasteiger partial charge is 0.373 e. The van der Waals surface area contributed by atoms with Crippen LogP contribution in [0.3, 0.4) is 0 Å². The number of fused-ring (bicyclic) bond motifs is 1. The molecule has 0 unspecified atom stereocenters. The second-order valence-electron chi connectivity index (χ2n) is 4.41. The van der Waals surface area contributed by atoms with Gasteiger partial charge in [-0.15, -0.1) is 11.3 Å². The molecule has 0 radical (unpaired) electrons. The summed E-state index contributed by atoms with van der Waals surface area (Å²) in [5.41, 5.74) is 1.24. The van der Waals surface area contributed by atoms with Crippen LogP contribution in [-0.2, 0) is 0 Å². The molecular formula is C17H12FN3S. The molecule has 22 heavy (non-hydrogen) atoms. The van der Waals surface area contributed by atoms with Crippen LogP contribution in [-0.4, -0.2) is 17.0 Å². The minimum atomic E-state index is -0.576. The molecule has 3 nitrogen and oxygen atoms in total. The molecule has 0 spiro atoms. The molecule has 0 bridgehead atoms. The number of halogens is 1. The van der Waals surface area contributed by atoms with Gasteiger partial charge in [-0.3, -0.25) is 0 Å². The summed E-state index contributed by atoms with van der Waals surface area (Å²) >= 11 is 1.59. The van der Waals surface area contributed by atoms with E-state index in [1.165, 1.54) is 0 Å². The second-order valence-corrected chi connectivity index (χ2v) is 5.47. The highest BCUT2D eigenvalue weighted by Crippen LogP contribution is 2.22. The first-order chi connectivity index (χ1) is 10.8. The summed E-state index contributed by atoms with van der Waals surface area (Å²) in [6, 6.07) is 11.2. The number of allylic oxidation sites excluding steroid dienone is 1. The lowest BCUT2D eigenvalue weighted by Crippen LogP contribution is -1.96. The van der Waals surface area contributed by atoms with Gasteiger partial charge in [-0.1, -0.05) is 24.0 Å². The van der Waals surface area contributed by atoms with Crippen LogP contribution in [0.4, 0.5) is 10.2 Å².